The predicted octanol–water partition coefficient (Wildman–Crippen LogP) is 7.22. The van der Waals surface area contributed by atoms with Gasteiger partial charge in [-0.05, 0) is 110 Å². The van der Waals surface area contributed by atoms with Gasteiger partial charge in [0.15, 0.2) is 0 Å². The van der Waals surface area contributed by atoms with Crippen LogP contribution in [0.2, 0.25) is 0 Å². The topological polar surface area (TPSA) is 29.1 Å². The van der Waals surface area contributed by atoms with E-state index >= 15 is 0 Å². The van der Waals surface area contributed by atoms with Crippen molar-refractivity contribution in [1.82, 2.24) is 5.32 Å². The van der Waals surface area contributed by atoms with Crippen molar-refractivity contribution in [2.24, 2.45) is 52.3 Å². The van der Waals surface area contributed by atoms with Crippen LogP contribution in [-0.2, 0) is 4.79 Å². The van der Waals surface area contributed by atoms with Crippen molar-refractivity contribution in [1.29, 1.82) is 0 Å². The molecule has 0 saturated heterocycles. The summed E-state index contributed by atoms with van der Waals surface area (Å²) in [4.78, 5) is 11.0. The second-order valence-corrected chi connectivity index (χ2v) is 12.9. The highest BCUT2D eigenvalue weighted by Gasteiger charge is 2.60. The summed E-state index contributed by atoms with van der Waals surface area (Å²) in [7, 11) is 0. The normalized spacial score (nSPS) is 46.6. The van der Waals surface area contributed by atoms with Gasteiger partial charge in [0.2, 0.25) is 6.41 Å². The van der Waals surface area contributed by atoms with Gasteiger partial charge in [-0.15, -0.1) is 0 Å². The fourth-order valence-corrected chi connectivity index (χ4v) is 9.53. The Morgan fingerprint density at radius 1 is 0.900 bits per heavy atom. The molecular weight excluding hydrogens is 366 g/mol. The smallest absolute Gasteiger partial charge is 0.207 e. The van der Waals surface area contributed by atoms with Crippen molar-refractivity contribution < 1.29 is 4.79 Å². The minimum absolute atomic E-state index is 0.438. The Bertz CT molecular complexity index is 601. The standard InChI is InChI=1S/C28H49NO/c1-19(2)7-6-8-20(3)24-11-12-25-23-10-9-21-17-22(29-18-30)13-15-27(21,4)26(23)14-16-28(24,25)5/h18-26H,6-17H2,1-5H3,(H,29,30)/t20-,21+,22-,23-,24+,25-,26-,27-,28+/m0/s1. The Hall–Kier alpha value is -0.530. The molecule has 0 unspecified atom stereocenters. The van der Waals surface area contributed by atoms with E-state index in [1.807, 2.05) is 0 Å². The Labute approximate surface area is 186 Å². The van der Waals surface area contributed by atoms with Crippen molar-refractivity contribution in [3.63, 3.8) is 0 Å². The molecule has 4 saturated carbocycles. The molecule has 1 N–H and O–H groups in total. The van der Waals surface area contributed by atoms with Gasteiger partial charge in [0, 0.05) is 6.04 Å². The molecule has 4 fully saturated rings. The first-order chi connectivity index (χ1) is 14.3. The van der Waals surface area contributed by atoms with Crippen LogP contribution in [0.25, 0.3) is 0 Å². The molecule has 0 bridgehead atoms. The highest BCUT2D eigenvalue weighted by molar-refractivity contribution is 5.46. The number of rotatable bonds is 7. The van der Waals surface area contributed by atoms with Crippen molar-refractivity contribution in [2.45, 2.75) is 118 Å². The molecule has 0 spiro atoms. The zero-order valence-electron chi connectivity index (χ0n) is 20.6. The maximum absolute atomic E-state index is 11.0. The average molecular weight is 416 g/mol. The van der Waals surface area contributed by atoms with E-state index < -0.39 is 0 Å². The van der Waals surface area contributed by atoms with Gasteiger partial charge in [0.05, 0.1) is 0 Å². The number of nitrogens with one attached hydrogen (secondary N) is 1. The second kappa shape index (κ2) is 8.78. The Morgan fingerprint density at radius 2 is 1.63 bits per heavy atom. The molecule has 0 heterocycles. The lowest BCUT2D eigenvalue weighted by atomic mass is 9.44. The molecule has 0 aromatic heterocycles. The van der Waals surface area contributed by atoms with E-state index in [1.165, 1.54) is 77.0 Å². The molecule has 4 rings (SSSR count). The summed E-state index contributed by atoms with van der Waals surface area (Å²) >= 11 is 0. The molecule has 2 heteroatoms. The molecule has 0 aromatic carbocycles. The van der Waals surface area contributed by atoms with Gasteiger partial charge in [-0.25, -0.2) is 0 Å². The summed E-state index contributed by atoms with van der Waals surface area (Å²) in [5.41, 5.74) is 1.14. The number of hydrogen-bond acceptors (Lipinski definition) is 1. The quantitative estimate of drug-likeness (QED) is 0.437. The van der Waals surface area contributed by atoms with Gasteiger partial charge in [0.1, 0.15) is 0 Å². The molecule has 1 amide bonds. The van der Waals surface area contributed by atoms with Crippen LogP contribution in [0.3, 0.4) is 0 Å². The number of fused-ring (bicyclic) bond motifs is 5. The summed E-state index contributed by atoms with van der Waals surface area (Å²) in [5, 5.41) is 3.11. The molecule has 0 radical (unpaired) electrons. The first-order valence-corrected chi connectivity index (χ1v) is 13.5. The van der Waals surface area contributed by atoms with Crippen molar-refractivity contribution in [3.8, 4) is 0 Å². The molecule has 4 aliphatic rings. The van der Waals surface area contributed by atoms with Gasteiger partial charge >= 0.3 is 0 Å². The average Bonchev–Trinajstić information content (AvgIpc) is 3.05. The molecule has 0 aromatic rings. The first-order valence-electron chi connectivity index (χ1n) is 13.5. The van der Waals surface area contributed by atoms with Crippen LogP contribution >= 0.6 is 0 Å². The minimum Gasteiger partial charge on any atom is -0.356 e. The van der Waals surface area contributed by atoms with Crippen LogP contribution in [0.5, 0.6) is 0 Å². The highest BCUT2D eigenvalue weighted by Crippen LogP contribution is 2.68. The third kappa shape index (κ3) is 3.88. The number of carbonyl (C=O) groups excluding carboxylic acids is 1. The van der Waals surface area contributed by atoms with Gasteiger partial charge in [-0.3, -0.25) is 4.79 Å². The molecular formula is C28H49NO. The summed E-state index contributed by atoms with van der Waals surface area (Å²) in [6, 6.07) is 0.438. The van der Waals surface area contributed by atoms with E-state index in [9.17, 15) is 4.79 Å². The third-order valence-electron chi connectivity index (χ3n) is 11.2. The van der Waals surface area contributed by atoms with Gasteiger partial charge in [-0.1, -0.05) is 53.9 Å². The summed E-state index contributed by atoms with van der Waals surface area (Å²) < 4.78 is 0. The molecule has 0 aliphatic heterocycles. The van der Waals surface area contributed by atoms with E-state index in [4.69, 9.17) is 0 Å². The predicted molar refractivity (Wildman–Crippen MR) is 126 cm³/mol. The van der Waals surface area contributed by atoms with Crippen LogP contribution < -0.4 is 5.32 Å². The van der Waals surface area contributed by atoms with Crippen LogP contribution in [0.4, 0.5) is 0 Å². The fraction of sp³-hybridized carbons (Fsp3) is 0.964. The van der Waals surface area contributed by atoms with Crippen LogP contribution in [-0.4, -0.2) is 12.5 Å². The monoisotopic (exact) mass is 415 g/mol. The summed E-state index contributed by atoms with van der Waals surface area (Å²) in [5.74, 6) is 6.47. The maximum atomic E-state index is 11.0. The van der Waals surface area contributed by atoms with Crippen LogP contribution in [0.15, 0.2) is 0 Å². The van der Waals surface area contributed by atoms with Crippen molar-refractivity contribution in [2.75, 3.05) is 0 Å². The molecule has 4 aliphatic carbocycles. The molecule has 30 heavy (non-hydrogen) atoms. The van der Waals surface area contributed by atoms with Gasteiger partial charge in [0.25, 0.3) is 0 Å². The van der Waals surface area contributed by atoms with E-state index in [0.717, 1.165) is 47.8 Å². The van der Waals surface area contributed by atoms with Gasteiger partial charge < -0.3 is 5.32 Å². The Balaban J connectivity index is 1.44. The molecule has 172 valence electrons. The van der Waals surface area contributed by atoms with Crippen molar-refractivity contribution >= 4 is 6.41 Å². The van der Waals surface area contributed by atoms with E-state index in [-0.39, 0.29) is 0 Å². The zero-order chi connectivity index (χ0) is 21.5. The Kier molecular flexibility index (Phi) is 6.63. The first kappa shape index (κ1) is 22.7. The highest BCUT2D eigenvalue weighted by atomic mass is 16.1. The SMILES string of the molecule is CC(C)CCC[C@H](C)[C@H]1CC[C@H]2[C@@H]3CC[C@@H]4C[C@@H](NC=O)CC[C@]4(C)[C@H]3CC[C@]12C. The summed E-state index contributed by atoms with van der Waals surface area (Å²) in [6.07, 6.45) is 17.8. The van der Waals surface area contributed by atoms with Crippen LogP contribution in [0.1, 0.15) is 112 Å². The molecule has 9 atom stereocenters. The van der Waals surface area contributed by atoms with E-state index in [1.54, 1.807) is 0 Å². The minimum atomic E-state index is 0.438. The number of amides is 1. The van der Waals surface area contributed by atoms with Crippen molar-refractivity contribution in [3.05, 3.63) is 0 Å². The van der Waals surface area contributed by atoms with E-state index in [2.05, 4.69) is 39.9 Å². The lowest BCUT2D eigenvalue weighted by Crippen LogP contribution is -2.55. The number of carbonyl (C=O) groups is 1. The number of hydrogen-bond donors (Lipinski definition) is 1. The fourth-order valence-electron chi connectivity index (χ4n) is 9.53. The van der Waals surface area contributed by atoms with E-state index in [0.29, 0.717) is 16.9 Å². The zero-order valence-corrected chi connectivity index (χ0v) is 20.6. The maximum Gasteiger partial charge on any atom is 0.207 e. The Morgan fingerprint density at radius 3 is 2.37 bits per heavy atom. The largest absolute Gasteiger partial charge is 0.356 e. The van der Waals surface area contributed by atoms with Gasteiger partial charge in [-0.2, -0.15) is 0 Å². The van der Waals surface area contributed by atoms with Crippen LogP contribution in [0, 0.1) is 52.3 Å². The summed E-state index contributed by atoms with van der Waals surface area (Å²) in [6.45, 7) is 12.7. The lowest BCUT2D eigenvalue weighted by Gasteiger charge is -2.61. The lowest BCUT2D eigenvalue weighted by molar-refractivity contribution is -0.122. The molecule has 2 nitrogen and oxygen atoms in total. The third-order valence-corrected chi connectivity index (χ3v) is 11.2. The second-order valence-electron chi connectivity index (χ2n) is 12.9.